The summed E-state index contributed by atoms with van der Waals surface area (Å²) in [6.07, 6.45) is 7.82. The third kappa shape index (κ3) is 2.24. The van der Waals surface area contributed by atoms with Gasteiger partial charge in [0, 0.05) is 12.6 Å². The van der Waals surface area contributed by atoms with Gasteiger partial charge in [-0.15, -0.1) is 0 Å². The van der Waals surface area contributed by atoms with Crippen LogP contribution in [0.4, 0.5) is 0 Å². The second-order valence-corrected chi connectivity index (χ2v) is 5.77. The largest absolute Gasteiger partial charge is 0.353 e. The summed E-state index contributed by atoms with van der Waals surface area (Å²) in [5, 5.41) is 3.17. The summed E-state index contributed by atoms with van der Waals surface area (Å²) in [6, 6.07) is 0.440. The first-order valence-electron chi connectivity index (χ1n) is 6.67. The molecule has 0 bridgehead atoms. The quantitative estimate of drug-likeness (QED) is 0.768. The molecule has 0 aromatic carbocycles. The first kappa shape index (κ1) is 11.9. The summed E-state index contributed by atoms with van der Waals surface area (Å²) in [4.78, 5) is 12.3. The molecule has 0 aromatic heterocycles. The molecule has 1 amide bonds. The summed E-state index contributed by atoms with van der Waals surface area (Å²) < 4.78 is 0. The van der Waals surface area contributed by atoms with E-state index in [9.17, 15) is 4.79 Å². The second-order valence-electron chi connectivity index (χ2n) is 5.77. The maximum absolute atomic E-state index is 12.3. The smallest absolute Gasteiger partial charge is 0.227 e. The first-order valence-corrected chi connectivity index (χ1v) is 6.67. The number of hydrogen-bond donors (Lipinski definition) is 2. The fraction of sp³-hybridized carbons (Fsp3) is 0.923. The molecule has 2 rings (SSSR count). The van der Waals surface area contributed by atoms with Gasteiger partial charge in [-0.25, -0.2) is 0 Å². The molecule has 2 fully saturated rings. The molecule has 0 aromatic rings. The molecule has 0 spiro atoms. The predicted octanol–water partition coefficient (Wildman–Crippen LogP) is 1.81. The topological polar surface area (TPSA) is 55.1 Å². The van der Waals surface area contributed by atoms with E-state index in [4.69, 9.17) is 5.73 Å². The van der Waals surface area contributed by atoms with Crippen molar-refractivity contribution in [2.24, 2.45) is 17.1 Å². The number of amides is 1. The number of hydrogen-bond acceptors (Lipinski definition) is 2. The van der Waals surface area contributed by atoms with Crippen LogP contribution >= 0.6 is 0 Å². The van der Waals surface area contributed by atoms with Gasteiger partial charge in [-0.1, -0.05) is 6.92 Å². The van der Waals surface area contributed by atoms with Crippen molar-refractivity contribution in [1.29, 1.82) is 0 Å². The van der Waals surface area contributed by atoms with Gasteiger partial charge < -0.3 is 11.1 Å². The predicted molar refractivity (Wildman–Crippen MR) is 64.9 cm³/mol. The molecule has 0 radical (unpaired) electrons. The highest BCUT2D eigenvalue weighted by molar-refractivity contribution is 5.83. The van der Waals surface area contributed by atoms with Crippen molar-refractivity contribution < 1.29 is 4.79 Å². The van der Waals surface area contributed by atoms with E-state index in [0.717, 1.165) is 44.4 Å². The molecule has 0 aliphatic heterocycles. The molecule has 2 aliphatic rings. The van der Waals surface area contributed by atoms with Crippen LogP contribution in [-0.4, -0.2) is 18.5 Å². The van der Waals surface area contributed by atoms with Gasteiger partial charge in [0.25, 0.3) is 0 Å². The van der Waals surface area contributed by atoms with Crippen LogP contribution in [0.25, 0.3) is 0 Å². The molecule has 0 saturated heterocycles. The van der Waals surface area contributed by atoms with Gasteiger partial charge >= 0.3 is 0 Å². The molecule has 3 nitrogen and oxygen atoms in total. The van der Waals surface area contributed by atoms with Crippen molar-refractivity contribution in [2.75, 3.05) is 6.54 Å². The van der Waals surface area contributed by atoms with Gasteiger partial charge in [-0.05, 0) is 50.9 Å². The van der Waals surface area contributed by atoms with Gasteiger partial charge in [0.1, 0.15) is 0 Å². The Labute approximate surface area is 98.2 Å². The zero-order valence-electron chi connectivity index (χ0n) is 10.3. The van der Waals surface area contributed by atoms with Crippen molar-refractivity contribution in [1.82, 2.24) is 5.32 Å². The third-order valence-electron chi connectivity index (χ3n) is 4.54. The van der Waals surface area contributed by atoms with Crippen molar-refractivity contribution >= 4 is 5.91 Å². The maximum atomic E-state index is 12.3. The number of nitrogens with two attached hydrogens (primary N) is 1. The van der Waals surface area contributed by atoms with E-state index in [-0.39, 0.29) is 11.3 Å². The summed E-state index contributed by atoms with van der Waals surface area (Å²) in [7, 11) is 0. The van der Waals surface area contributed by atoms with E-state index < -0.39 is 0 Å². The van der Waals surface area contributed by atoms with Crippen LogP contribution < -0.4 is 11.1 Å². The Morgan fingerprint density at radius 2 is 1.94 bits per heavy atom. The van der Waals surface area contributed by atoms with Crippen LogP contribution in [0.3, 0.4) is 0 Å². The van der Waals surface area contributed by atoms with Crippen LogP contribution in [0.1, 0.15) is 51.9 Å². The van der Waals surface area contributed by atoms with Crippen LogP contribution in [0.15, 0.2) is 0 Å². The Bertz CT molecular complexity index is 253. The van der Waals surface area contributed by atoms with Crippen molar-refractivity contribution in [3.8, 4) is 0 Å². The third-order valence-corrected chi connectivity index (χ3v) is 4.54. The Kier molecular flexibility index (Phi) is 3.53. The molecule has 92 valence electrons. The minimum atomic E-state index is -0.248. The van der Waals surface area contributed by atoms with Gasteiger partial charge in [-0.3, -0.25) is 4.79 Å². The van der Waals surface area contributed by atoms with E-state index in [1.165, 1.54) is 6.42 Å². The second kappa shape index (κ2) is 4.74. The Morgan fingerprint density at radius 3 is 2.38 bits per heavy atom. The molecule has 0 atom stereocenters. The SMILES string of the molecule is CC1CCC(CN)(C(=O)NC2CCC2)CC1. The lowest BCUT2D eigenvalue weighted by Gasteiger charge is -2.39. The van der Waals surface area contributed by atoms with Gasteiger partial charge in [0.2, 0.25) is 5.91 Å². The zero-order valence-corrected chi connectivity index (χ0v) is 10.3. The Morgan fingerprint density at radius 1 is 1.31 bits per heavy atom. The normalized spacial score (nSPS) is 35.5. The highest BCUT2D eigenvalue weighted by Gasteiger charge is 2.40. The minimum absolute atomic E-state index is 0.228. The number of carbonyl (C=O) groups excluding carboxylic acids is 1. The molecule has 3 N–H and O–H groups in total. The standard InChI is InChI=1S/C13H24N2O/c1-10-5-7-13(9-14,8-6-10)12(16)15-11-3-2-4-11/h10-11H,2-9,14H2,1H3,(H,15,16). The van der Waals surface area contributed by atoms with Crippen molar-refractivity contribution in [3.63, 3.8) is 0 Å². The lowest BCUT2D eigenvalue weighted by atomic mass is 9.70. The van der Waals surface area contributed by atoms with E-state index in [0.29, 0.717) is 12.6 Å². The first-order chi connectivity index (χ1) is 7.66. The highest BCUT2D eigenvalue weighted by atomic mass is 16.2. The summed E-state index contributed by atoms with van der Waals surface area (Å²) >= 11 is 0. The van der Waals surface area contributed by atoms with Crippen LogP contribution in [0, 0.1) is 11.3 Å². The number of rotatable bonds is 3. The van der Waals surface area contributed by atoms with Crippen molar-refractivity contribution in [3.05, 3.63) is 0 Å². The van der Waals surface area contributed by atoms with Gasteiger partial charge in [0.15, 0.2) is 0 Å². The number of carbonyl (C=O) groups is 1. The molecule has 0 unspecified atom stereocenters. The highest BCUT2D eigenvalue weighted by Crippen LogP contribution is 2.38. The van der Waals surface area contributed by atoms with Crippen LogP contribution in [0.2, 0.25) is 0 Å². The van der Waals surface area contributed by atoms with Crippen molar-refractivity contribution in [2.45, 2.75) is 57.9 Å². The van der Waals surface area contributed by atoms with E-state index >= 15 is 0 Å². The van der Waals surface area contributed by atoms with Crippen LogP contribution in [-0.2, 0) is 4.79 Å². The molecular formula is C13H24N2O. The lowest BCUT2D eigenvalue weighted by Crippen LogP contribution is -2.52. The molecule has 3 heteroatoms. The Hall–Kier alpha value is -0.570. The molecule has 2 saturated carbocycles. The molecular weight excluding hydrogens is 200 g/mol. The zero-order chi connectivity index (χ0) is 11.6. The fourth-order valence-electron chi connectivity index (χ4n) is 2.73. The average Bonchev–Trinajstić information content (AvgIpc) is 2.25. The van der Waals surface area contributed by atoms with Gasteiger partial charge in [0.05, 0.1) is 5.41 Å². The minimum Gasteiger partial charge on any atom is -0.353 e. The fourth-order valence-corrected chi connectivity index (χ4v) is 2.73. The molecule has 16 heavy (non-hydrogen) atoms. The van der Waals surface area contributed by atoms with E-state index in [1.54, 1.807) is 0 Å². The average molecular weight is 224 g/mol. The number of nitrogens with one attached hydrogen (secondary N) is 1. The molecule has 0 heterocycles. The maximum Gasteiger partial charge on any atom is 0.227 e. The summed E-state index contributed by atoms with van der Waals surface area (Å²) in [5.74, 6) is 0.989. The van der Waals surface area contributed by atoms with E-state index in [2.05, 4.69) is 12.2 Å². The summed E-state index contributed by atoms with van der Waals surface area (Å²) in [6.45, 7) is 2.78. The summed E-state index contributed by atoms with van der Waals surface area (Å²) in [5.41, 5.74) is 5.61. The Balaban J connectivity index is 1.94. The lowest BCUT2D eigenvalue weighted by molar-refractivity contribution is -0.134. The molecule has 2 aliphatic carbocycles. The monoisotopic (exact) mass is 224 g/mol. The van der Waals surface area contributed by atoms with Crippen LogP contribution in [0.5, 0.6) is 0 Å². The van der Waals surface area contributed by atoms with Gasteiger partial charge in [-0.2, -0.15) is 0 Å². The van der Waals surface area contributed by atoms with E-state index in [1.807, 2.05) is 0 Å².